The van der Waals surface area contributed by atoms with Gasteiger partial charge in [-0.1, -0.05) is 0 Å². The van der Waals surface area contributed by atoms with Crippen LogP contribution < -0.4 is 17.2 Å². The number of carbonyl (C=O) groups is 3. The minimum absolute atomic E-state index is 0.0231. The molecule has 14 heavy (non-hydrogen) atoms. The van der Waals surface area contributed by atoms with Crippen LogP contribution in [0.3, 0.4) is 0 Å². The van der Waals surface area contributed by atoms with E-state index in [1.54, 1.807) is 0 Å². The monoisotopic (exact) mass is 207 g/mol. The van der Waals surface area contributed by atoms with Crippen LogP contribution in [0.1, 0.15) is 12.8 Å². The number of urea groups is 1. The summed E-state index contributed by atoms with van der Waals surface area (Å²) < 4.78 is 0. The SMILES string of the molecule is NC(CCC(=O)O)C(=O)O.NC(N)=O. The van der Waals surface area contributed by atoms with Crippen LogP contribution in [0.2, 0.25) is 0 Å². The first kappa shape index (κ1) is 14.7. The summed E-state index contributed by atoms with van der Waals surface area (Å²) in [5, 5.41) is 16.3. The molecule has 8 heteroatoms. The highest BCUT2D eigenvalue weighted by Gasteiger charge is 2.12. The third kappa shape index (κ3) is 16.6. The fourth-order valence-corrected chi connectivity index (χ4v) is 0.402. The molecule has 0 fully saturated rings. The van der Waals surface area contributed by atoms with Gasteiger partial charge in [0.2, 0.25) is 0 Å². The van der Waals surface area contributed by atoms with E-state index in [9.17, 15) is 9.59 Å². The quantitative estimate of drug-likeness (QED) is 0.367. The summed E-state index contributed by atoms with van der Waals surface area (Å²) in [5.74, 6) is -2.20. The van der Waals surface area contributed by atoms with Crippen molar-refractivity contribution in [2.24, 2.45) is 17.2 Å². The van der Waals surface area contributed by atoms with Crippen molar-refractivity contribution in [3.63, 3.8) is 0 Å². The fourth-order valence-electron chi connectivity index (χ4n) is 0.402. The lowest BCUT2D eigenvalue weighted by atomic mass is 10.2. The first-order chi connectivity index (χ1) is 6.27. The van der Waals surface area contributed by atoms with Gasteiger partial charge in [-0.25, -0.2) is 4.79 Å². The van der Waals surface area contributed by atoms with Crippen LogP contribution in [0, 0.1) is 0 Å². The second-order valence-corrected chi connectivity index (χ2v) is 2.28. The summed E-state index contributed by atoms with van der Waals surface area (Å²) >= 11 is 0. The first-order valence-electron chi connectivity index (χ1n) is 3.52. The number of carbonyl (C=O) groups excluding carboxylic acids is 1. The lowest BCUT2D eigenvalue weighted by Crippen LogP contribution is -2.30. The molecule has 0 saturated heterocycles. The van der Waals surface area contributed by atoms with Gasteiger partial charge in [0.25, 0.3) is 0 Å². The molecule has 0 saturated carbocycles. The van der Waals surface area contributed by atoms with Crippen LogP contribution in [0.5, 0.6) is 0 Å². The van der Waals surface area contributed by atoms with Gasteiger partial charge in [-0.3, -0.25) is 9.59 Å². The number of aliphatic carboxylic acids is 2. The van der Waals surface area contributed by atoms with Gasteiger partial charge >= 0.3 is 18.0 Å². The van der Waals surface area contributed by atoms with Crippen LogP contribution in [-0.4, -0.2) is 34.2 Å². The topological polar surface area (TPSA) is 170 Å². The Bertz CT molecular complexity index is 214. The van der Waals surface area contributed by atoms with E-state index in [1.165, 1.54) is 0 Å². The number of carboxylic acid groups (broad SMARTS) is 2. The highest BCUT2D eigenvalue weighted by atomic mass is 16.4. The Morgan fingerprint density at radius 1 is 1.14 bits per heavy atom. The van der Waals surface area contributed by atoms with E-state index in [-0.39, 0.29) is 12.8 Å². The summed E-state index contributed by atoms with van der Waals surface area (Å²) in [6.07, 6.45) is -0.224. The molecule has 0 aliphatic heterocycles. The van der Waals surface area contributed by atoms with Gasteiger partial charge in [0.05, 0.1) is 0 Å². The predicted octanol–water partition coefficient (Wildman–Crippen LogP) is -1.71. The number of rotatable bonds is 4. The van der Waals surface area contributed by atoms with Crippen molar-refractivity contribution in [2.75, 3.05) is 0 Å². The summed E-state index contributed by atoms with van der Waals surface area (Å²) in [6, 6.07) is -1.89. The Labute approximate surface area is 79.7 Å². The first-order valence-corrected chi connectivity index (χ1v) is 3.52. The number of carboxylic acids is 2. The molecule has 2 amide bonds. The second kappa shape index (κ2) is 7.80. The van der Waals surface area contributed by atoms with Gasteiger partial charge in [0, 0.05) is 6.42 Å². The molecule has 82 valence electrons. The molecule has 0 spiro atoms. The zero-order valence-electron chi connectivity index (χ0n) is 7.34. The molecule has 8 nitrogen and oxygen atoms in total. The van der Waals surface area contributed by atoms with Gasteiger partial charge in [0.15, 0.2) is 0 Å². The highest BCUT2D eigenvalue weighted by Crippen LogP contribution is 1.93. The van der Waals surface area contributed by atoms with E-state index in [0.717, 1.165) is 0 Å². The van der Waals surface area contributed by atoms with Crippen LogP contribution in [0.25, 0.3) is 0 Å². The smallest absolute Gasteiger partial charge is 0.320 e. The number of nitrogens with two attached hydrogens (primary N) is 3. The van der Waals surface area contributed by atoms with E-state index in [0.29, 0.717) is 0 Å². The van der Waals surface area contributed by atoms with Crippen molar-refractivity contribution in [1.82, 2.24) is 0 Å². The normalized spacial score (nSPS) is 10.6. The standard InChI is InChI=1S/C5H9NO4.CH4N2O/c6-3(5(9)10)1-2-4(7)8;2-1(3)4/h3H,1-2,6H2,(H,7,8)(H,9,10);(H4,2,3,4). The Morgan fingerprint density at radius 2 is 1.50 bits per heavy atom. The molecular weight excluding hydrogens is 194 g/mol. The van der Waals surface area contributed by atoms with Gasteiger partial charge in [-0.15, -0.1) is 0 Å². The van der Waals surface area contributed by atoms with Gasteiger partial charge in [0.1, 0.15) is 6.04 Å². The van der Waals surface area contributed by atoms with Crippen molar-refractivity contribution < 1.29 is 24.6 Å². The Balaban J connectivity index is 0. The van der Waals surface area contributed by atoms with E-state index < -0.39 is 24.0 Å². The maximum absolute atomic E-state index is 9.99. The average Bonchev–Trinajstić information content (AvgIpc) is 1.98. The molecule has 1 atom stereocenters. The fraction of sp³-hybridized carbons (Fsp3) is 0.500. The van der Waals surface area contributed by atoms with E-state index in [2.05, 4.69) is 11.5 Å². The number of hydrogen-bond acceptors (Lipinski definition) is 4. The van der Waals surface area contributed by atoms with Gasteiger partial charge in [-0.2, -0.15) is 0 Å². The molecule has 1 unspecified atom stereocenters. The number of primary amides is 2. The third-order valence-corrected chi connectivity index (χ3v) is 0.986. The third-order valence-electron chi connectivity index (χ3n) is 0.986. The van der Waals surface area contributed by atoms with E-state index >= 15 is 0 Å². The molecule has 0 radical (unpaired) electrons. The summed E-state index contributed by atoms with van der Waals surface area (Å²) in [4.78, 5) is 28.9. The summed E-state index contributed by atoms with van der Waals surface area (Å²) in [6.45, 7) is 0. The van der Waals surface area contributed by atoms with Crippen molar-refractivity contribution in [2.45, 2.75) is 18.9 Å². The Kier molecular flexibility index (Phi) is 8.18. The Hall–Kier alpha value is -1.83. The van der Waals surface area contributed by atoms with E-state index in [1.807, 2.05) is 0 Å². The lowest BCUT2D eigenvalue weighted by Gasteiger charge is -2.01. The average molecular weight is 207 g/mol. The molecule has 0 rings (SSSR count). The van der Waals surface area contributed by atoms with Crippen molar-refractivity contribution in [3.8, 4) is 0 Å². The molecule has 0 aliphatic carbocycles. The van der Waals surface area contributed by atoms with Crippen LogP contribution in [-0.2, 0) is 9.59 Å². The zero-order valence-corrected chi connectivity index (χ0v) is 7.34. The number of hydrogen-bond donors (Lipinski definition) is 5. The minimum atomic E-state index is -1.17. The maximum Gasteiger partial charge on any atom is 0.320 e. The van der Waals surface area contributed by atoms with Crippen molar-refractivity contribution >= 4 is 18.0 Å². The molecule has 0 aromatic carbocycles. The largest absolute Gasteiger partial charge is 0.481 e. The van der Waals surface area contributed by atoms with Gasteiger partial charge in [-0.05, 0) is 6.42 Å². The van der Waals surface area contributed by atoms with Crippen LogP contribution in [0.4, 0.5) is 4.79 Å². The Morgan fingerprint density at radius 3 is 1.71 bits per heavy atom. The zero-order chi connectivity index (χ0) is 11.7. The molecule has 0 bridgehead atoms. The highest BCUT2D eigenvalue weighted by molar-refractivity contribution is 5.74. The molecular formula is C6H13N3O5. The minimum Gasteiger partial charge on any atom is -0.481 e. The second-order valence-electron chi connectivity index (χ2n) is 2.28. The summed E-state index contributed by atoms with van der Waals surface area (Å²) in [5.41, 5.74) is 13.5. The number of amides is 2. The van der Waals surface area contributed by atoms with E-state index in [4.69, 9.17) is 20.7 Å². The summed E-state index contributed by atoms with van der Waals surface area (Å²) in [7, 11) is 0. The van der Waals surface area contributed by atoms with Gasteiger partial charge < -0.3 is 27.4 Å². The molecule has 0 aromatic heterocycles. The molecule has 0 aliphatic rings. The lowest BCUT2D eigenvalue weighted by molar-refractivity contribution is -0.139. The molecule has 8 N–H and O–H groups in total. The van der Waals surface area contributed by atoms with Crippen LogP contribution >= 0.6 is 0 Å². The maximum atomic E-state index is 9.99. The van der Waals surface area contributed by atoms with Crippen molar-refractivity contribution in [1.29, 1.82) is 0 Å². The molecule has 0 aromatic rings. The predicted molar refractivity (Wildman–Crippen MR) is 46.3 cm³/mol. The van der Waals surface area contributed by atoms with Crippen molar-refractivity contribution in [3.05, 3.63) is 0 Å². The van der Waals surface area contributed by atoms with Crippen LogP contribution in [0.15, 0.2) is 0 Å². The molecule has 0 heterocycles.